The number of nitrogen functional groups attached to an aromatic ring is 1. The Morgan fingerprint density at radius 2 is 1.68 bits per heavy atom. The van der Waals surface area contributed by atoms with E-state index in [9.17, 15) is 14.7 Å². The predicted octanol–water partition coefficient (Wildman–Crippen LogP) is 5.86. The summed E-state index contributed by atoms with van der Waals surface area (Å²) in [4.78, 5) is 42.6. The second-order valence-electron chi connectivity index (χ2n) is 11.4. The molecular formula is C36H30ClN7O3. The van der Waals surface area contributed by atoms with Gasteiger partial charge in [0.05, 0.1) is 16.8 Å². The van der Waals surface area contributed by atoms with Crippen LogP contribution in [0.2, 0.25) is 5.02 Å². The van der Waals surface area contributed by atoms with Gasteiger partial charge in [0.25, 0.3) is 5.91 Å². The molecule has 1 aliphatic rings. The number of piperazine rings is 1. The van der Waals surface area contributed by atoms with Crippen LogP contribution in [0, 0.1) is 0 Å². The summed E-state index contributed by atoms with van der Waals surface area (Å²) in [6.07, 6.45) is 2.21. The van der Waals surface area contributed by atoms with Crippen molar-refractivity contribution in [3.8, 4) is 34.1 Å². The van der Waals surface area contributed by atoms with Crippen LogP contribution in [-0.4, -0.2) is 72.8 Å². The number of phenolic OH excluding ortho intramolecular Hbond substituents is 1. The number of benzene rings is 3. The molecule has 3 aromatic carbocycles. The number of aldehydes is 1. The van der Waals surface area contributed by atoms with Gasteiger partial charge in [0.1, 0.15) is 17.1 Å². The van der Waals surface area contributed by atoms with Crippen LogP contribution in [0.1, 0.15) is 26.3 Å². The molecule has 1 fully saturated rings. The third-order valence-corrected chi connectivity index (χ3v) is 8.64. The van der Waals surface area contributed by atoms with Gasteiger partial charge in [-0.2, -0.15) is 0 Å². The largest absolute Gasteiger partial charge is 0.507 e. The monoisotopic (exact) mass is 643 g/mol. The summed E-state index contributed by atoms with van der Waals surface area (Å²) in [6.45, 7) is 3.27. The topological polar surface area (TPSA) is 130 Å². The van der Waals surface area contributed by atoms with Crippen LogP contribution in [0.3, 0.4) is 0 Å². The van der Waals surface area contributed by atoms with E-state index in [0.29, 0.717) is 65.9 Å². The minimum Gasteiger partial charge on any atom is -0.507 e. The van der Waals surface area contributed by atoms with Crippen LogP contribution in [0.4, 0.5) is 5.82 Å². The number of aromatic hydroxyl groups is 1. The lowest BCUT2D eigenvalue weighted by Gasteiger charge is -2.35. The van der Waals surface area contributed by atoms with E-state index < -0.39 is 0 Å². The summed E-state index contributed by atoms with van der Waals surface area (Å²) in [5, 5.41) is 10.4. The molecule has 10 nitrogen and oxygen atoms in total. The average Bonchev–Trinajstić information content (AvgIpc) is 3.48. The van der Waals surface area contributed by atoms with Gasteiger partial charge >= 0.3 is 0 Å². The molecule has 6 aromatic rings. The highest BCUT2D eigenvalue weighted by Crippen LogP contribution is 2.32. The summed E-state index contributed by atoms with van der Waals surface area (Å²) in [6, 6.07) is 27.9. The van der Waals surface area contributed by atoms with Gasteiger partial charge in [-0.1, -0.05) is 35.9 Å². The number of hydrogen-bond acceptors (Lipinski definition) is 8. The van der Waals surface area contributed by atoms with Crippen molar-refractivity contribution in [1.29, 1.82) is 0 Å². The van der Waals surface area contributed by atoms with Gasteiger partial charge in [0.15, 0.2) is 17.8 Å². The fraction of sp³-hybridized carbons (Fsp3) is 0.139. The van der Waals surface area contributed by atoms with E-state index in [1.54, 1.807) is 17.2 Å². The van der Waals surface area contributed by atoms with Crippen LogP contribution in [0.15, 0.2) is 97.2 Å². The second kappa shape index (κ2) is 12.7. The maximum atomic E-state index is 13.0. The highest BCUT2D eigenvalue weighted by molar-refractivity contribution is 6.30. The fourth-order valence-electron chi connectivity index (χ4n) is 5.85. The van der Waals surface area contributed by atoms with Crippen LogP contribution in [0.25, 0.3) is 39.5 Å². The number of nitrogens with two attached hydrogens (primary N) is 1. The number of fused-ring (bicyclic) bond motifs is 1. The van der Waals surface area contributed by atoms with Gasteiger partial charge in [-0.25, -0.2) is 15.0 Å². The lowest BCUT2D eigenvalue weighted by atomic mass is 10.1. The van der Waals surface area contributed by atoms with Crippen molar-refractivity contribution >= 4 is 40.8 Å². The van der Waals surface area contributed by atoms with Crippen molar-refractivity contribution in [3.05, 3.63) is 119 Å². The fourth-order valence-corrected chi connectivity index (χ4v) is 5.98. The number of carbonyl (C=O) groups is 2. The number of imidazole rings is 1. The number of pyridine rings is 2. The SMILES string of the molecule is Nc1ncccc1-c1nc2ccc(-c3ccc(Cl)cc3)nc2n1-c1ccc(CN2CCN(C(=O)c3ccc(O)c(C=O)c3)CC2)cc1. The minimum atomic E-state index is -0.150. The van der Waals surface area contributed by atoms with Gasteiger partial charge in [0.2, 0.25) is 0 Å². The van der Waals surface area contributed by atoms with Crippen molar-refractivity contribution in [2.24, 2.45) is 0 Å². The first-order valence-corrected chi connectivity index (χ1v) is 15.5. The number of amides is 1. The van der Waals surface area contributed by atoms with Crippen molar-refractivity contribution in [3.63, 3.8) is 0 Å². The standard InChI is InChI=1S/C36H30ClN7O3/c37-27-8-5-24(6-9-27)30-12-13-31-35(40-30)44(34(41-31)29-2-1-15-39-33(29)38)28-10-3-23(4-11-28)21-42-16-18-43(19-17-42)36(47)25-7-14-32(46)26(20-25)22-45/h1-15,20,22,46H,16-19,21H2,(H2,38,39). The molecule has 4 heterocycles. The lowest BCUT2D eigenvalue weighted by molar-refractivity contribution is 0.0628. The third-order valence-electron chi connectivity index (χ3n) is 8.39. The zero-order valence-electron chi connectivity index (χ0n) is 25.3. The zero-order valence-corrected chi connectivity index (χ0v) is 26.0. The number of nitrogens with zero attached hydrogens (tertiary/aromatic N) is 6. The van der Waals surface area contributed by atoms with Crippen LogP contribution < -0.4 is 5.73 Å². The molecule has 1 amide bonds. The molecule has 1 saturated heterocycles. The van der Waals surface area contributed by atoms with Crippen molar-refractivity contribution in [2.45, 2.75) is 6.54 Å². The third kappa shape index (κ3) is 6.04. The average molecular weight is 644 g/mol. The van der Waals surface area contributed by atoms with E-state index in [0.717, 1.165) is 34.6 Å². The molecule has 0 saturated carbocycles. The Balaban J connectivity index is 1.13. The van der Waals surface area contributed by atoms with Crippen LogP contribution in [-0.2, 0) is 6.54 Å². The van der Waals surface area contributed by atoms with Crippen LogP contribution >= 0.6 is 11.6 Å². The minimum absolute atomic E-state index is 0.107. The summed E-state index contributed by atoms with van der Waals surface area (Å²) in [7, 11) is 0. The van der Waals surface area contributed by atoms with Gasteiger partial charge in [-0.05, 0) is 72.3 Å². The summed E-state index contributed by atoms with van der Waals surface area (Å²) in [5.74, 6) is 0.743. The van der Waals surface area contributed by atoms with Crippen LogP contribution in [0.5, 0.6) is 5.75 Å². The van der Waals surface area contributed by atoms with Crippen molar-refractivity contribution < 1.29 is 14.7 Å². The normalized spacial score (nSPS) is 13.6. The summed E-state index contributed by atoms with van der Waals surface area (Å²) >= 11 is 6.13. The number of halogens is 1. The molecule has 0 bridgehead atoms. The second-order valence-corrected chi connectivity index (χ2v) is 11.8. The maximum absolute atomic E-state index is 13.0. The van der Waals surface area contributed by atoms with E-state index >= 15 is 0 Å². The highest BCUT2D eigenvalue weighted by Gasteiger charge is 2.23. The molecule has 0 atom stereocenters. The highest BCUT2D eigenvalue weighted by atomic mass is 35.5. The Kier molecular flexibility index (Phi) is 8.11. The molecule has 0 unspecified atom stereocenters. The molecular weight excluding hydrogens is 614 g/mol. The van der Waals surface area contributed by atoms with Crippen molar-refractivity contribution in [2.75, 3.05) is 31.9 Å². The van der Waals surface area contributed by atoms with E-state index in [1.165, 1.54) is 12.1 Å². The van der Waals surface area contributed by atoms with Gasteiger partial charge in [-0.15, -0.1) is 0 Å². The van der Waals surface area contributed by atoms with E-state index in [2.05, 4.69) is 34.1 Å². The summed E-state index contributed by atoms with van der Waals surface area (Å²) < 4.78 is 2.01. The molecule has 11 heteroatoms. The Morgan fingerprint density at radius 1 is 0.915 bits per heavy atom. The molecule has 0 aliphatic carbocycles. The molecule has 1 aliphatic heterocycles. The number of phenols is 1. The van der Waals surface area contributed by atoms with Gasteiger partial charge < -0.3 is 15.7 Å². The first-order valence-electron chi connectivity index (χ1n) is 15.1. The van der Waals surface area contributed by atoms with Crippen molar-refractivity contribution in [1.82, 2.24) is 29.3 Å². The molecule has 234 valence electrons. The number of aromatic nitrogens is 4. The number of rotatable bonds is 7. The smallest absolute Gasteiger partial charge is 0.253 e. The lowest BCUT2D eigenvalue weighted by Crippen LogP contribution is -2.48. The number of anilines is 1. The molecule has 3 aromatic heterocycles. The Hall–Kier alpha value is -5.58. The Bertz CT molecular complexity index is 2100. The van der Waals surface area contributed by atoms with Gasteiger partial charge in [0, 0.05) is 60.8 Å². The van der Waals surface area contributed by atoms with Gasteiger partial charge in [-0.3, -0.25) is 19.1 Å². The maximum Gasteiger partial charge on any atom is 0.253 e. The number of carbonyl (C=O) groups excluding carboxylic acids is 2. The molecule has 3 N–H and O–H groups in total. The summed E-state index contributed by atoms with van der Waals surface area (Å²) in [5.41, 5.74) is 12.7. The first-order chi connectivity index (χ1) is 22.9. The molecule has 7 rings (SSSR count). The first kappa shape index (κ1) is 30.1. The Labute approximate surface area is 275 Å². The van der Waals surface area contributed by atoms with E-state index in [-0.39, 0.29) is 17.2 Å². The predicted molar refractivity (Wildman–Crippen MR) is 182 cm³/mol. The van der Waals surface area contributed by atoms with E-state index in [1.807, 2.05) is 53.1 Å². The van der Waals surface area contributed by atoms with E-state index in [4.69, 9.17) is 27.3 Å². The molecule has 0 spiro atoms. The zero-order chi connectivity index (χ0) is 32.5. The molecule has 47 heavy (non-hydrogen) atoms. The Morgan fingerprint density at radius 3 is 2.40 bits per heavy atom. The number of hydrogen-bond donors (Lipinski definition) is 2. The quantitative estimate of drug-likeness (QED) is 0.207. The molecule has 0 radical (unpaired) electrons.